The van der Waals surface area contributed by atoms with E-state index < -0.39 is 0 Å². The van der Waals surface area contributed by atoms with E-state index in [9.17, 15) is 4.79 Å². The van der Waals surface area contributed by atoms with Crippen molar-refractivity contribution >= 4 is 11.6 Å². The van der Waals surface area contributed by atoms with Crippen LogP contribution in [0.3, 0.4) is 0 Å². The van der Waals surface area contributed by atoms with Crippen molar-refractivity contribution in [1.29, 1.82) is 0 Å². The van der Waals surface area contributed by atoms with Crippen molar-refractivity contribution in [3.8, 4) is 5.75 Å². The summed E-state index contributed by atoms with van der Waals surface area (Å²) in [6.45, 7) is 5.12. The molecule has 4 rings (SSSR count). The van der Waals surface area contributed by atoms with Gasteiger partial charge in [-0.25, -0.2) is 0 Å². The SMILES string of the molecule is COc1ccc([C@H]2CC[C@H](CN(C(=O)C3CCCCC3)c3cccc(C)c3)CC2)cc1C. The van der Waals surface area contributed by atoms with Gasteiger partial charge < -0.3 is 9.64 Å². The molecule has 2 aromatic rings. The zero-order valence-electron chi connectivity index (χ0n) is 20.1. The van der Waals surface area contributed by atoms with Gasteiger partial charge >= 0.3 is 0 Å². The van der Waals surface area contributed by atoms with Crippen molar-refractivity contribution in [3.63, 3.8) is 0 Å². The van der Waals surface area contributed by atoms with Crippen molar-refractivity contribution in [2.45, 2.75) is 77.6 Å². The lowest BCUT2D eigenvalue weighted by atomic mass is 9.78. The summed E-state index contributed by atoms with van der Waals surface area (Å²) in [5.41, 5.74) is 4.97. The molecule has 2 aliphatic rings. The van der Waals surface area contributed by atoms with Crippen molar-refractivity contribution in [1.82, 2.24) is 0 Å². The molecule has 0 aromatic heterocycles. The molecule has 0 aliphatic heterocycles. The molecule has 0 N–H and O–H groups in total. The predicted molar refractivity (Wildman–Crippen MR) is 133 cm³/mol. The molecule has 32 heavy (non-hydrogen) atoms. The molecule has 1 amide bonds. The normalized spacial score (nSPS) is 21.8. The van der Waals surface area contributed by atoms with E-state index in [1.807, 2.05) is 0 Å². The summed E-state index contributed by atoms with van der Waals surface area (Å²) >= 11 is 0. The van der Waals surface area contributed by atoms with Crippen LogP contribution in [-0.2, 0) is 4.79 Å². The number of benzene rings is 2. The Hall–Kier alpha value is -2.29. The summed E-state index contributed by atoms with van der Waals surface area (Å²) in [5.74, 6) is 2.75. The fourth-order valence-electron chi connectivity index (χ4n) is 5.78. The van der Waals surface area contributed by atoms with Gasteiger partial charge in [-0.05, 0) is 99.1 Å². The number of aryl methyl sites for hydroxylation is 2. The van der Waals surface area contributed by atoms with Crippen molar-refractivity contribution in [2.24, 2.45) is 11.8 Å². The lowest BCUT2D eigenvalue weighted by molar-refractivity contribution is -0.123. The number of hydrogen-bond acceptors (Lipinski definition) is 2. The number of methoxy groups -OCH3 is 1. The highest BCUT2D eigenvalue weighted by Crippen LogP contribution is 2.38. The van der Waals surface area contributed by atoms with E-state index in [1.165, 1.54) is 61.6 Å². The molecule has 0 radical (unpaired) electrons. The van der Waals surface area contributed by atoms with Crippen LogP contribution in [0.15, 0.2) is 42.5 Å². The molecule has 3 heteroatoms. The molecule has 0 atom stereocenters. The van der Waals surface area contributed by atoms with Gasteiger partial charge in [-0.2, -0.15) is 0 Å². The van der Waals surface area contributed by atoms with Gasteiger partial charge in [0.2, 0.25) is 5.91 Å². The maximum absolute atomic E-state index is 13.6. The quantitative estimate of drug-likeness (QED) is 0.482. The molecule has 0 spiro atoms. The zero-order valence-corrected chi connectivity index (χ0v) is 20.1. The van der Waals surface area contributed by atoms with Crippen LogP contribution in [0.2, 0.25) is 0 Å². The fourth-order valence-corrected chi connectivity index (χ4v) is 5.78. The van der Waals surface area contributed by atoms with Crippen molar-refractivity contribution < 1.29 is 9.53 Å². The number of carbonyl (C=O) groups is 1. The average Bonchev–Trinajstić information content (AvgIpc) is 2.83. The monoisotopic (exact) mass is 433 g/mol. The number of amides is 1. The molecule has 3 nitrogen and oxygen atoms in total. The van der Waals surface area contributed by atoms with Crippen LogP contribution in [0, 0.1) is 25.7 Å². The van der Waals surface area contributed by atoms with Crippen molar-refractivity contribution in [2.75, 3.05) is 18.6 Å². The number of ether oxygens (including phenoxy) is 1. The third kappa shape index (κ3) is 5.36. The minimum atomic E-state index is 0.211. The maximum atomic E-state index is 13.6. The summed E-state index contributed by atoms with van der Waals surface area (Å²) in [6, 6.07) is 15.2. The van der Waals surface area contributed by atoms with Gasteiger partial charge in [-0.1, -0.05) is 43.5 Å². The summed E-state index contributed by atoms with van der Waals surface area (Å²) in [6.07, 6.45) is 10.6. The number of hydrogen-bond donors (Lipinski definition) is 0. The molecule has 2 saturated carbocycles. The molecular weight excluding hydrogens is 394 g/mol. The van der Waals surface area contributed by atoms with Gasteiger partial charge in [-0.15, -0.1) is 0 Å². The third-order valence-electron chi connectivity index (χ3n) is 7.71. The molecule has 0 bridgehead atoms. The standard InChI is InChI=1S/C29H39NO2/c1-21-8-7-11-27(18-21)30(29(31)25-9-5-4-6-10-25)20-23-12-14-24(15-13-23)26-16-17-28(32-3)22(2)19-26/h7-8,11,16-19,23-25H,4-6,9-10,12-15,20H2,1-3H3/t23-,24-. The summed E-state index contributed by atoms with van der Waals surface area (Å²) < 4.78 is 5.43. The second-order valence-corrected chi connectivity index (χ2v) is 10.1. The lowest BCUT2D eigenvalue weighted by Crippen LogP contribution is -2.41. The van der Waals surface area contributed by atoms with Crippen molar-refractivity contribution in [3.05, 3.63) is 59.2 Å². The molecule has 2 aromatic carbocycles. The van der Waals surface area contributed by atoms with E-state index in [0.29, 0.717) is 17.7 Å². The van der Waals surface area contributed by atoms with E-state index in [4.69, 9.17) is 4.74 Å². The first-order valence-corrected chi connectivity index (χ1v) is 12.6. The Kier molecular flexibility index (Phi) is 7.55. The Balaban J connectivity index is 1.43. The third-order valence-corrected chi connectivity index (χ3v) is 7.71. The Labute approximate surface area is 194 Å². The molecule has 2 fully saturated rings. The Morgan fingerprint density at radius 2 is 1.69 bits per heavy atom. The van der Waals surface area contributed by atoms with E-state index in [1.54, 1.807) is 7.11 Å². The molecule has 0 unspecified atom stereocenters. The second kappa shape index (κ2) is 10.6. The van der Waals surface area contributed by atoms with Crippen LogP contribution < -0.4 is 9.64 Å². The molecule has 172 valence electrons. The summed E-state index contributed by atoms with van der Waals surface area (Å²) in [7, 11) is 1.74. The smallest absolute Gasteiger partial charge is 0.230 e. The first-order chi connectivity index (χ1) is 15.5. The van der Waals surface area contributed by atoms with E-state index >= 15 is 0 Å². The molecule has 2 aliphatic carbocycles. The first-order valence-electron chi connectivity index (χ1n) is 12.6. The number of anilines is 1. The van der Waals surface area contributed by atoms with E-state index in [-0.39, 0.29) is 5.92 Å². The van der Waals surface area contributed by atoms with Crippen LogP contribution in [0.25, 0.3) is 0 Å². The lowest BCUT2D eigenvalue weighted by Gasteiger charge is -2.35. The Morgan fingerprint density at radius 3 is 2.34 bits per heavy atom. The topological polar surface area (TPSA) is 29.5 Å². The van der Waals surface area contributed by atoms with Crippen LogP contribution >= 0.6 is 0 Å². The van der Waals surface area contributed by atoms with Gasteiger partial charge in [0, 0.05) is 18.2 Å². The number of rotatable bonds is 6. The van der Waals surface area contributed by atoms with Crippen LogP contribution in [0.1, 0.15) is 80.4 Å². The van der Waals surface area contributed by atoms with Gasteiger partial charge in [0.1, 0.15) is 5.75 Å². The molecular formula is C29H39NO2. The zero-order chi connectivity index (χ0) is 22.5. The Morgan fingerprint density at radius 1 is 0.938 bits per heavy atom. The summed E-state index contributed by atoms with van der Waals surface area (Å²) in [5, 5.41) is 0. The van der Waals surface area contributed by atoms with Crippen LogP contribution in [0.4, 0.5) is 5.69 Å². The minimum Gasteiger partial charge on any atom is -0.496 e. The number of nitrogens with zero attached hydrogens (tertiary/aromatic N) is 1. The van der Waals surface area contributed by atoms with Gasteiger partial charge in [0.05, 0.1) is 7.11 Å². The molecule has 0 saturated heterocycles. The fraction of sp³-hybridized carbons (Fsp3) is 0.552. The average molecular weight is 434 g/mol. The van der Waals surface area contributed by atoms with Gasteiger partial charge in [0.15, 0.2) is 0 Å². The highest BCUT2D eigenvalue weighted by atomic mass is 16.5. The first kappa shape index (κ1) is 22.9. The number of carbonyl (C=O) groups excluding carboxylic acids is 1. The highest BCUT2D eigenvalue weighted by Gasteiger charge is 2.30. The summed E-state index contributed by atoms with van der Waals surface area (Å²) in [4.78, 5) is 15.7. The van der Waals surface area contributed by atoms with Crippen LogP contribution in [-0.4, -0.2) is 19.6 Å². The molecule has 0 heterocycles. The van der Waals surface area contributed by atoms with E-state index in [2.05, 4.69) is 61.2 Å². The van der Waals surface area contributed by atoms with Crippen LogP contribution in [0.5, 0.6) is 5.75 Å². The predicted octanol–water partition coefficient (Wildman–Crippen LogP) is 7.20. The largest absolute Gasteiger partial charge is 0.496 e. The minimum absolute atomic E-state index is 0.211. The van der Waals surface area contributed by atoms with Gasteiger partial charge in [0.25, 0.3) is 0 Å². The van der Waals surface area contributed by atoms with Gasteiger partial charge in [-0.3, -0.25) is 4.79 Å². The Bertz CT molecular complexity index is 907. The maximum Gasteiger partial charge on any atom is 0.230 e. The highest BCUT2D eigenvalue weighted by molar-refractivity contribution is 5.95. The second-order valence-electron chi connectivity index (χ2n) is 10.1. The van der Waals surface area contributed by atoms with E-state index in [0.717, 1.165) is 30.8 Å².